The first kappa shape index (κ1) is 16.2. The van der Waals surface area contributed by atoms with Crippen molar-refractivity contribution in [3.63, 3.8) is 0 Å². The Morgan fingerprint density at radius 2 is 1.95 bits per heavy atom. The molecule has 0 radical (unpaired) electrons. The molecule has 0 aliphatic heterocycles. The molecule has 3 heteroatoms. The molecule has 0 aliphatic rings. The van der Waals surface area contributed by atoms with Crippen LogP contribution in [0.2, 0.25) is 0 Å². The number of nitrogens with one attached hydrogen (secondary N) is 1. The number of aliphatic hydroxyl groups excluding tert-OH is 1. The van der Waals surface area contributed by atoms with Crippen molar-refractivity contribution in [2.24, 2.45) is 0 Å². The van der Waals surface area contributed by atoms with Gasteiger partial charge in [-0.3, -0.25) is 0 Å². The minimum Gasteiger partial charge on any atom is -0.389 e. The minimum atomic E-state index is -0.440. The highest BCUT2D eigenvalue weighted by Gasteiger charge is 2.08. The summed E-state index contributed by atoms with van der Waals surface area (Å²) in [5, 5.41) is 13.1. The quantitative estimate of drug-likeness (QED) is 0.675. The van der Waals surface area contributed by atoms with E-state index in [1.807, 2.05) is 0 Å². The van der Waals surface area contributed by atoms with E-state index in [2.05, 4.69) is 50.4 Å². The van der Waals surface area contributed by atoms with E-state index in [0.29, 0.717) is 13.2 Å². The van der Waals surface area contributed by atoms with Gasteiger partial charge in [0.05, 0.1) is 12.7 Å². The average molecular weight is 265 g/mol. The summed E-state index contributed by atoms with van der Waals surface area (Å²) in [5.41, 5.74) is 2.50. The third kappa shape index (κ3) is 6.71. The van der Waals surface area contributed by atoms with Crippen molar-refractivity contribution in [2.75, 3.05) is 19.8 Å². The van der Waals surface area contributed by atoms with Gasteiger partial charge < -0.3 is 15.2 Å². The number of hydrogen-bond acceptors (Lipinski definition) is 3. The smallest absolute Gasteiger partial charge is 0.0897 e. The van der Waals surface area contributed by atoms with Gasteiger partial charge >= 0.3 is 0 Å². The van der Waals surface area contributed by atoms with Crippen LogP contribution in [0.5, 0.6) is 0 Å². The fraction of sp³-hybridized carbons (Fsp3) is 0.625. The highest BCUT2D eigenvalue weighted by Crippen LogP contribution is 2.12. The molecule has 0 saturated carbocycles. The second-order valence-corrected chi connectivity index (χ2v) is 5.12. The normalized spacial score (nSPS) is 14.3. The van der Waals surface area contributed by atoms with Gasteiger partial charge in [0.2, 0.25) is 0 Å². The van der Waals surface area contributed by atoms with E-state index in [0.717, 1.165) is 19.4 Å². The molecule has 19 heavy (non-hydrogen) atoms. The van der Waals surface area contributed by atoms with Crippen molar-refractivity contribution in [3.8, 4) is 0 Å². The van der Waals surface area contributed by atoms with Crippen molar-refractivity contribution < 1.29 is 9.84 Å². The molecule has 2 atom stereocenters. The molecule has 108 valence electrons. The summed E-state index contributed by atoms with van der Waals surface area (Å²) in [6.45, 7) is 8.02. The van der Waals surface area contributed by atoms with Gasteiger partial charge in [-0.25, -0.2) is 0 Å². The lowest BCUT2D eigenvalue weighted by Gasteiger charge is -2.17. The first-order valence-corrected chi connectivity index (χ1v) is 7.19. The Hall–Kier alpha value is -0.900. The largest absolute Gasteiger partial charge is 0.389 e. The first-order chi connectivity index (χ1) is 9.13. The summed E-state index contributed by atoms with van der Waals surface area (Å²) in [5.74, 6) is 0. The van der Waals surface area contributed by atoms with Crippen LogP contribution in [0.3, 0.4) is 0 Å². The summed E-state index contributed by atoms with van der Waals surface area (Å²) in [7, 11) is 0. The highest BCUT2D eigenvalue weighted by atomic mass is 16.5. The maximum atomic E-state index is 9.80. The van der Waals surface area contributed by atoms with Gasteiger partial charge in [0, 0.05) is 19.2 Å². The Morgan fingerprint density at radius 1 is 1.26 bits per heavy atom. The molecule has 0 aliphatic carbocycles. The topological polar surface area (TPSA) is 41.5 Å². The van der Waals surface area contributed by atoms with Crippen LogP contribution in [0.4, 0.5) is 0 Å². The Labute approximate surface area is 117 Å². The van der Waals surface area contributed by atoms with Gasteiger partial charge in [0.15, 0.2) is 0 Å². The van der Waals surface area contributed by atoms with Crippen molar-refractivity contribution >= 4 is 0 Å². The lowest BCUT2D eigenvalue weighted by molar-refractivity contribution is 0.0348. The Morgan fingerprint density at radius 3 is 2.58 bits per heavy atom. The maximum Gasteiger partial charge on any atom is 0.0897 e. The van der Waals surface area contributed by atoms with E-state index in [1.165, 1.54) is 11.1 Å². The van der Waals surface area contributed by atoms with Crippen LogP contribution < -0.4 is 5.32 Å². The lowest BCUT2D eigenvalue weighted by atomic mass is 10.1. The zero-order valence-electron chi connectivity index (χ0n) is 12.4. The molecule has 2 N–H and O–H groups in total. The number of hydrogen-bond donors (Lipinski definition) is 2. The van der Waals surface area contributed by atoms with Crippen LogP contribution in [-0.4, -0.2) is 31.0 Å². The summed E-state index contributed by atoms with van der Waals surface area (Å²) in [6, 6.07) is 8.70. The lowest BCUT2D eigenvalue weighted by Crippen LogP contribution is -2.32. The molecule has 1 aromatic rings. The molecule has 1 aromatic carbocycles. The van der Waals surface area contributed by atoms with E-state index in [1.54, 1.807) is 0 Å². The van der Waals surface area contributed by atoms with E-state index >= 15 is 0 Å². The molecule has 0 spiro atoms. The fourth-order valence-corrected chi connectivity index (χ4v) is 1.81. The van der Waals surface area contributed by atoms with Gasteiger partial charge in [0.1, 0.15) is 0 Å². The molecular weight excluding hydrogens is 238 g/mol. The summed E-state index contributed by atoms with van der Waals surface area (Å²) in [4.78, 5) is 0. The summed E-state index contributed by atoms with van der Waals surface area (Å²) >= 11 is 0. The van der Waals surface area contributed by atoms with Crippen molar-refractivity contribution in [1.29, 1.82) is 0 Å². The van der Waals surface area contributed by atoms with Crippen LogP contribution in [0.15, 0.2) is 24.3 Å². The minimum absolute atomic E-state index is 0.242. The van der Waals surface area contributed by atoms with Crippen LogP contribution in [-0.2, 0) is 4.74 Å². The maximum absolute atomic E-state index is 9.80. The van der Waals surface area contributed by atoms with E-state index in [-0.39, 0.29) is 6.04 Å². The van der Waals surface area contributed by atoms with Crippen LogP contribution >= 0.6 is 0 Å². The zero-order valence-corrected chi connectivity index (χ0v) is 12.4. The van der Waals surface area contributed by atoms with Gasteiger partial charge in [0.25, 0.3) is 0 Å². The Balaban J connectivity index is 2.22. The third-order valence-electron chi connectivity index (χ3n) is 3.19. The Bertz CT molecular complexity index is 337. The Kier molecular flexibility index (Phi) is 7.72. The fourth-order valence-electron chi connectivity index (χ4n) is 1.81. The molecule has 0 amide bonds. The summed E-state index contributed by atoms with van der Waals surface area (Å²) in [6.07, 6.45) is 1.74. The molecule has 0 aromatic heterocycles. The molecule has 1 unspecified atom stereocenters. The molecule has 0 bridgehead atoms. The second-order valence-electron chi connectivity index (χ2n) is 5.12. The van der Waals surface area contributed by atoms with E-state index in [4.69, 9.17) is 4.74 Å². The van der Waals surface area contributed by atoms with Crippen LogP contribution in [0.25, 0.3) is 0 Å². The van der Waals surface area contributed by atoms with E-state index < -0.39 is 6.10 Å². The molecule has 0 fully saturated rings. The number of unbranched alkanes of at least 4 members (excludes halogenated alkanes) is 1. The van der Waals surface area contributed by atoms with Crippen LogP contribution in [0, 0.1) is 6.92 Å². The predicted octanol–water partition coefficient (Wildman–Crippen LogP) is 2.82. The second kappa shape index (κ2) is 9.08. The van der Waals surface area contributed by atoms with Gasteiger partial charge in [-0.15, -0.1) is 0 Å². The van der Waals surface area contributed by atoms with Gasteiger partial charge in [-0.1, -0.05) is 43.2 Å². The molecule has 3 nitrogen and oxygen atoms in total. The average Bonchev–Trinajstić information content (AvgIpc) is 2.42. The number of aliphatic hydroxyl groups is 1. The van der Waals surface area contributed by atoms with Crippen molar-refractivity contribution in [1.82, 2.24) is 5.32 Å². The number of benzene rings is 1. The third-order valence-corrected chi connectivity index (χ3v) is 3.19. The highest BCUT2D eigenvalue weighted by molar-refractivity contribution is 5.23. The monoisotopic (exact) mass is 265 g/mol. The molecule has 0 saturated heterocycles. The zero-order chi connectivity index (χ0) is 14.1. The van der Waals surface area contributed by atoms with Crippen molar-refractivity contribution in [2.45, 2.75) is 45.8 Å². The van der Waals surface area contributed by atoms with Crippen molar-refractivity contribution in [3.05, 3.63) is 35.4 Å². The molecular formula is C16H27NO2. The van der Waals surface area contributed by atoms with Crippen LogP contribution in [0.1, 0.15) is 43.9 Å². The number of rotatable bonds is 9. The predicted molar refractivity (Wildman–Crippen MR) is 79.3 cm³/mol. The standard InChI is InChI=1S/C16H27NO2/c1-4-5-10-19-12-16(18)11-17-14(3)15-8-6-13(2)7-9-15/h6-9,14,16-18H,4-5,10-12H2,1-3H3/t14-,16?/m1/s1. The van der Waals surface area contributed by atoms with Gasteiger partial charge in [-0.2, -0.15) is 0 Å². The van der Waals surface area contributed by atoms with E-state index in [9.17, 15) is 5.11 Å². The SMILES string of the molecule is CCCCOCC(O)CN[C@H](C)c1ccc(C)cc1. The summed E-state index contributed by atoms with van der Waals surface area (Å²) < 4.78 is 5.40. The van der Waals surface area contributed by atoms with Gasteiger partial charge in [-0.05, 0) is 25.8 Å². The molecule has 0 heterocycles. The number of ether oxygens (including phenoxy) is 1. The first-order valence-electron chi connectivity index (χ1n) is 7.19. The molecule has 1 rings (SSSR count). The number of aryl methyl sites for hydroxylation is 1.